The Balaban J connectivity index is 2.10. The van der Waals surface area contributed by atoms with Gasteiger partial charge in [-0.15, -0.1) is 0 Å². The molecule has 1 atom stereocenters. The van der Waals surface area contributed by atoms with Crippen molar-refractivity contribution >= 4 is 28.8 Å². The van der Waals surface area contributed by atoms with E-state index in [0.29, 0.717) is 34.5 Å². The number of hydrogen-bond acceptors (Lipinski definition) is 5. The van der Waals surface area contributed by atoms with Gasteiger partial charge in [-0.1, -0.05) is 49.9 Å². The van der Waals surface area contributed by atoms with E-state index in [1.807, 2.05) is 32.9 Å². The standard InChI is InChI=1S/C21H26N2O3S/c1-12(2)15-6-8-16(9-7-15)19-18(20(25)26-13(3)4)14(5)22-21-23(19)17(24)10-11-27-21/h6-9,12-13,19H,10-11H2,1-5H3/t19-/m1/s1. The lowest BCUT2D eigenvalue weighted by atomic mass is 9.92. The van der Waals surface area contributed by atoms with E-state index in [9.17, 15) is 9.59 Å². The molecular formula is C21H26N2O3S. The molecule has 1 fully saturated rings. The van der Waals surface area contributed by atoms with Crippen LogP contribution in [0.3, 0.4) is 0 Å². The van der Waals surface area contributed by atoms with Crippen molar-refractivity contribution in [3.8, 4) is 0 Å². The SMILES string of the molecule is CC1=C(C(=O)OC(C)C)[C@@H](c2ccc(C(C)C)cc2)N2C(=O)CCSC2=N1. The quantitative estimate of drug-likeness (QED) is 0.719. The maximum Gasteiger partial charge on any atom is 0.338 e. The molecule has 27 heavy (non-hydrogen) atoms. The zero-order chi connectivity index (χ0) is 19.7. The van der Waals surface area contributed by atoms with Crippen LogP contribution in [-0.2, 0) is 14.3 Å². The van der Waals surface area contributed by atoms with Crippen LogP contribution < -0.4 is 0 Å². The van der Waals surface area contributed by atoms with Gasteiger partial charge < -0.3 is 4.74 Å². The Kier molecular flexibility index (Phi) is 5.75. The zero-order valence-corrected chi connectivity index (χ0v) is 17.3. The van der Waals surface area contributed by atoms with Gasteiger partial charge in [0, 0.05) is 12.2 Å². The number of esters is 1. The van der Waals surface area contributed by atoms with Crippen molar-refractivity contribution in [2.75, 3.05) is 5.75 Å². The highest BCUT2D eigenvalue weighted by atomic mass is 32.2. The van der Waals surface area contributed by atoms with E-state index in [1.165, 1.54) is 5.56 Å². The zero-order valence-electron chi connectivity index (χ0n) is 16.5. The number of benzene rings is 1. The number of amidine groups is 1. The summed E-state index contributed by atoms with van der Waals surface area (Å²) in [5.41, 5.74) is 3.18. The van der Waals surface area contributed by atoms with Gasteiger partial charge in [-0.3, -0.25) is 9.69 Å². The Morgan fingerprint density at radius 3 is 2.48 bits per heavy atom. The summed E-state index contributed by atoms with van der Waals surface area (Å²) < 4.78 is 5.48. The maximum absolute atomic E-state index is 12.9. The smallest absolute Gasteiger partial charge is 0.338 e. The van der Waals surface area contributed by atoms with Crippen LogP contribution in [0.5, 0.6) is 0 Å². The average molecular weight is 387 g/mol. The molecule has 2 heterocycles. The predicted octanol–water partition coefficient (Wildman–Crippen LogP) is 4.41. The molecule has 0 unspecified atom stereocenters. The van der Waals surface area contributed by atoms with Gasteiger partial charge in [0.15, 0.2) is 5.17 Å². The van der Waals surface area contributed by atoms with Crippen LogP contribution in [0.25, 0.3) is 0 Å². The Morgan fingerprint density at radius 1 is 1.22 bits per heavy atom. The van der Waals surface area contributed by atoms with Crippen molar-refractivity contribution in [3.63, 3.8) is 0 Å². The summed E-state index contributed by atoms with van der Waals surface area (Å²) in [6.07, 6.45) is 0.203. The lowest BCUT2D eigenvalue weighted by molar-refractivity contribution is -0.143. The number of aliphatic imine (C=N–C) groups is 1. The molecule has 0 N–H and O–H groups in total. The topological polar surface area (TPSA) is 59.0 Å². The van der Waals surface area contributed by atoms with Gasteiger partial charge in [-0.2, -0.15) is 0 Å². The van der Waals surface area contributed by atoms with E-state index in [4.69, 9.17) is 4.74 Å². The molecule has 3 rings (SSSR count). The van der Waals surface area contributed by atoms with E-state index in [1.54, 1.807) is 16.7 Å². The van der Waals surface area contributed by atoms with Crippen LogP contribution in [0, 0.1) is 0 Å². The van der Waals surface area contributed by atoms with E-state index in [0.717, 1.165) is 5.56 Å². The van der Waals surface area contributed by atoms with Gasteiger partial charge in [0.1, 0.15) is 0 Å². The average Bonchev–Trinajstić information content (AvgIpc) is 2.60. The van der Waals surface area contributed by atoms with E-state index in [2.05, 4.69) is 31.0 Å². The molecule has 2 aliphatic heterocycles. The number of fused-ring (bicyclic) bond motifs is 1. The molecule has 0 bridgehead atoms. The van der Waals surface area contributed by atoms with Crippen LogP contribution in [0.1, 0.15) is 64.1 Å². The Bertz CT molecular complexity index is 809. The largest absolute Gasteiger partial charge is 0.459 e. The van der Waals surface area contributed by atoms with Gasteiger partial charge in [0.25, 0.3) is 0 Å². The summed E-state index contributed by atoms with van der Waals surface area (Å²) in [5, 5.41) is 0.669. The van der Waals surface area contributed by atoms with E-state index in [-0.39, 0.29) is 12.0 Å². The van der Waals surface area contributed by atoms with Crippen molar-refractivity contribution in [2.45, 2.75) is 59.1 Å². The van der Waals surface area contributed by atoms with Crippen molar-refractivity contribution in [3.05, 3.63) is 46.7 Å². The molecule has 0 aromatic heterocycles. The number of hydrogen-bond donors (Lipinski definition) is 0. The first-order valence-electron chi connectivity index (χ1n) is 9.34. The highest BCUT2D eigenvalue weighted by Crippen LogP contribution is 2.40. The fraction of sp³-hybridized carbons (Fsp3) is 0.476. The van der Waals surface area contributed by atoms with Gasteiger partial charge in [-0.25, -0.2) is 9.79 Å². The summed E-state index contributed by atoms with van der Waals surface area (Å²) in [4.78, 5) is 31.8. The molecule has 5 nitrogen and oxygen atoms in total. The molecule has 2 aliphatic rings. The monoisotopic (exact) mass is 386 g/mol. The molecule has 1 aromatic carbocycles. The molecule has 1 saturated heterocycles. The van der Waals surface area contributed by atoms with Crippen LogP contribution >= 0.6 is 11.8 Å². The van der Waals surface area contributed by atoms with Crippen LogP contribution in [0.4, 0.5) is 0 Å². The molecule has 144 valence electrons. The Labute approximate surface area is 164 Å². The fourth-order valence-electron chi connectivity index (χ4n) is 3.31. The number of carbonyl (C=O) groups is 2. The van der Waals surface area contributed by atoms with E-state index >= 15 is 0 Å². The number of rotatable bonds is 4. The minimum Gasteiger partial charge on any atom is -0.459 e. The lowest BCUT2D eigenvalue weighted by Gasteiger charge is -2.39. The van der Waals surface area contributed by atoms with Crippen molar-refractivity contribution < 1.29 is 14.3 Å². The first-order valence-corrected chi connectivity index (χ1v) is 10.3. The third-order valence-electron chi connectivity index (χ3n) is 4.69. The predicted molar refractivity (Wildman–Crippen MR) is 109 cm³/mol. The van der Waals surface area contributed by atoms with Gasteiger partial charge in [-0.05, 0) is 37.8 Å². The molecule has 0 saturated carbocycles. The summed E-state index contributed by atoms with van der Waals surface area (Å²) >= 11 is 1.56. The number of ether oxygens (including phenoxy) is 1. The molecule has 0 aliphatic carbocycles. The first-order chi connectivity index (χ1) is 12.8. The van der Waals surface area contributed by atoms with Gasteiger partial charge in [0.05, 0.1) is 23.4 Å². The number of allylic oxidation sites excluding steroid dienone is 1. The number of amides is 1. The first kappa shape index (κ1) is 19.7. The van der Waals surface area contributed by atoms with Crippen molar-refractivity contribution in [2.24, 2.45) is 4.99 Å². The number of nitrogens with zero attached hydrogens (tertiary/aromatic N) is 2. The third-order valence-corrected chi connectivity index (χ3v) is 5.64. The molecule has 1 aromatic rings. The molecule has 0 spiro atoms. The van der Waals surface area contributed by atoms with Gasteiger partial charge in [0.2, 0.25) is 5.91 Å². The third kappa shape index (κ3) is 3.95. The van der Waals surface area contributed by atoms with Crippen LogP contribution in [0.2, 0.25) is 0 Å². The minimum absolute atomic E-state index is 0.00668. The van der Waals surface area contributed by atoms with Crippen molar-refractivity contribution in [1.82, 2.24) is 4.90 Å². The Hall–Kier alpha value is -2.08. The Morgan fingerprint density at radius 2 is 1.89 bits per heavy atom. The second kappa shape index (κ2) is 7.89. The highest BCUT2D eigenvalue weighted by Gasteiger charge is 2.41. The molecule has 1 amide bonds. The van der Waals surface area contributed by atoms with E-state index < -0.39 is 12.0 Å². The fourth-order valence-corrected chi connectivity index (χ4v) is 4.32. The summed E-state index contributed by atoms with van der Waals surface area (Å²) in [6.45, 7) is 9.73. The maximum atomic E-state index is 12.9. The molecule has 0 radical (unpaired) electrons. The minimum atomic E-state index is -0.495. The lowest BCUT2D eigenvalue weighted by Crippen LogP contribution is -2.46. The van der Waals surface area contributed by atoms with Gasteiger partial charge >= 0.3 is 5.97 Å². The molecular weight excluding hydrogens is 360 g/mol. The van der Waals surface area contributed by atoms with Crippen molar-refractivity contribution in [1.29, 1.82) is 0 Å². The summed E-state index contributed by atoms with van der Waals surface area (Å²) in [5.74, 6) is 0.712. The normalized spacial score (nSPS) is 20.1. The second-order valence-electron chi connectivity index (χ2n) is 7.43. The van der Waals surface area contributed by atoms with Crippen LogP contribution in [-0.4, -0.2) is 33.8 Å². The number of thioether (sulfide) groups is 1. The summed E-state index contributed by atoms with van der Waals surface area (Å²) in [6, 6.07) is 7.64. The number of carbonyl (C=O) groups excluding carboxylic acids is 2. The second-order valence-corrected chi connectivity index (χ2v) is 8.50. The molecule has 6 heteroatoms. The summed E-state index contributed by atoms with van der Waals surface area (Å²) in [7, 11) is 0. The van der Waals surface area contributed by atoms with Crippen LogP contribution in [0.15, 0.2) is 40.5 Å². The highest BCUT2D eigenvalue weighted by molar-refractivity contribution is 8.14.